The monoisotopic (exact) mass is 441 g/mol. The van der Waals surface area contributed by atoms with Gasteiger partial charge in [0.05, 0.1) is 10.3 Å². The van der Waals surface area contributed by atoms with Gasteiger partial charge in [-0.2, -0.15) is 4.31 Å². The molecule has 160 valence electrons. The third kappa shape index (κ3) is 4.28. The number of hydrogen-bond acceptors (Lipinski definition) is 7. The van der Waals surface area contributed by atoms with E-state index in [2.05, 4.69) is 0 Å². The Balaban J connectivity index is 1.43. The van der Waals surface area contributed by atoms with E-state index in [0.29, 0.717) is 18.5 Å². The molecule has 1 aromatic heterocycles. The van der Waals surface area contributed by atoms with Crippen molar-refractivity contribution in [2.24, 2.45) is 0 Å². The van der Waals surface area contributed by atoms with Gasteiger partial charge >= 0.3 is 5.97 Å². The fourth-order valence-electron chi connectivity index (χ4n) is 3.38. The van der Waals surface area contributed by atoms with E-state index < -0.39 is 33.8 Å². The number of ketones is 1. The summed E-state index contributed by atoms with van der Waals surface area (Å²) in [4.78, 5) is 36.8. The van der Waals surface area contributed by atoms with Crippen LogP contribution in [0.2, 0.25) is 0 Å². The molecular weight excluding hydrogens is 422 g/mol. The van der Waals surface area contributed by atoms with Gasteiger partial charge in [0.15, 0.2) is 17.8 Å². The number of hydrogen-bond donors (Lipinski definition) is 0. The molecule has 1 saturated heterocycles. The van der Waals surface area contributed by atoms with Gasteiger partial charge < -0.3 is 9.15 Å². The zero-order valence-corrected chi connectivity index (χ0v) is 17.3. The number of benzene rings is 2. The number of nitrogens with zero attached hydrogens (tertiary/aromatic N) is 1. The molecule has 0 spiro atoms. The summed E-state index contributed by atoms with van der Waals surface area (Å²) in [7, 11) is -3.57. The van der Waals surface area contributed by atoms with Gasteiger partial charge in [-0.15, -0.1) is 0 Å². The second-order valence-electron chi connectivity index (χ2n) is 7.11. The van der Waals surface area contributed by atoms with Gasteiger partial charge in [0.25, 0.3) is 0 Å². The molecule has 0 aliphatic carbocycles. The number of Topliss-reactive ketones (excluding diaryl/α,β-unsaturated/α-hetero) is 1. The van der Waals surface area contributed by atoms with Gasteiger partial charge in [-0.05, 0) is 49.2 Å². The molecule has 4 rings (SSSR count). The second kappa shape index (κ2) is 8.44. The smallest absolute Gasteiger partial charge is 0.374 e. The van der Waals surface area contributed by atoms with E-state index >= 15 is 0 Å². The quantitative estimate of drug-likeness (QED) is 0.427. The first-order chi connectivity index (χ1) is 14.9. The number of para-hydroxylation sites is 1. The third-order valence-corrected chi connectivity index (χ3v) is 6.96. The van der Waals surface area contributed by atoms with Crippen LogP contribution in [0.15, 0.2) is 68.7 Å². The molecule has 0 unspecified atom stereocenters. The molecule has 1 aliphatic rings. The van der Waals surface area contributed by atoms with E-state index in [0.717, 1.165) is 18.9 Å². The maximum absolute atomic E-state index is 12.5. The van der Waals surface area contributed by atoms with Crippen LogP contribution in [0.5, 0.6) is 0 Å². The largest absolute Gasteiger partial charge is 0.451 e. The highest BCUT2D eigenvalue weighted by Crippen LogP contribution is 2.21. The van der Waals surface area contributed by atoms with Crippen molar-refractivity contribution in [3.63, 3.8) is 0 Å². The van der Waals surface area contributed by atoms with Crippen LogP contribution in [0.4, 0.5) is 0 Å². The number of esters is 1. The van der Waals surface area contributed by atoms with Crippen LogP contribution in [0.3, 0.4) is 0 Å². The summed E-state index contributed by atoms with van der Waals surface area (Å²) < 4.78 is 36.9. The Bertz CT molecular complexity index is 1300. The van der Waals surface area contributed by atoms with Gasteiger partial charge in [-0.3, -0.25) is 9.59 Å². The van der Waals surface area contributed by atoms with Crippen molar-refractivity contribution >= 4 is 32.7 Å². The lowest BCUT2D eigenvalue weighted by molar-refractivity contribution is 0.0444. The Hall–Kier alpha value is -3.30. The lowest BCUT2D eigenvalue weighted by Gasteiger charge is -2.15. The van der Waals surface area contributed by atoms with Crippen LogP contribution in [0.25, 0.3) is 11.0 Å². The van der Waals surface area contributed by atoms with Gasteiger partial charge in [-0.25, -0.2) is 13.2 Å². The van der Waals surface area contributed by atoms with E-state index in [-0.39, 0.29) is 21.8 Å². The summed E-state index contributed by atoms with van der Waals surface area (Å²) >= 11 is 0. The van der Waals surface area contributed by atoms with E-state index in [1.165, 1.54) is 28.6 Å². The molecule has 0 saturated carbocycles. The van der Waals surface area contributed by atoms with Gasteiger partial charge in [-0.1, -0.05) is 12.1 Å². The Kier molecular flexibility index (Phi) is 5.71. The first-order valence-electron chi connectivity index (χ1n) is 9.70. The molecule has 0 N–H and O–H groups in total. The Morgan fingerprint density at radius 1 is 1.00 bits per heavy atom. The summed E-state index contributed by atoms with van der Waals surface area (Å²) in [5, 5.41) is 0.332. The van der Waals surface area contributed by atoms with Crippen molar-refractivity contribution < 1.29 is 27.2 Å². The molecule has 0 bridgehead atoms. The van der Waals surface area contributed by atoms with Crippen LogP contribution in [-0.2, 0) is 14.8 Å². The van der Waals surface area contributed by atoms with E-state index in [9.17, 15) is 22.8 Å². The van der Waals surface area contributed by atoms with Crippen molar-refractivity contribution in [2.75, 3.05) is 19.7 Å². The minimum absolute atomic E-state index is 0.112. The van der Waals surface area contributed by atoms with Crippen molar-refractivity contribution in [3.8, 4) is 0 Å². The van der Waals surface area contributed by atoms with Crippen LogP contribution < -0.4 is 5.43 Å². The highest BCUT2D eigenvalue weighted by molar-refractivity contribution is 7.89. The maximum Gasteiger partial charge on any atom is 0.374 e. The lowest BCUT2D eigenvalue weighted by atomic mass is 10.1. The maximum atomic E-state index is 12.5. The standard InChI is InChI=1S/C22H19NO7S/c24-18-13-21(30-20-6-2-1-5-17(18)20)22(26)29-14-19(25)15-7-9-16(10-8-15)31(27,28)23-11-3-4-12-23/h1-2,5-10,13H,3-4,11-12,14H2. The highest BCUT2D eigenvalue weighted by atomic mass is 32.2. The molecule has 0 amide bonds. The molecular formula is C22H19NO7S. The number of fused-ring (bicyclic) bond motifs is 1. The molecule has 2 aromatic carbocycles. The normalized spacial score (nSPS) is 14.6. The number of carbonyl (C=O) groups is 2. The van der Waals surface area contributed by atoms with Crippen LogP contribution in [-0.4, -0.2) is 44.2 Å². The number of rotatable bonds is 6. The molecule has 3 aromatic rings. The van der Waals surface area contributed by atoms with Crippen LogP contribution in [0.1, 0.15) is 33.8 Å². The predicted molar refractivity (Wildman–Crippen MR) is 112 cm³/mol. The molecule has 0 atom stereocenters. The second-order valence-corrected chi connectivity index (χ2v) is 9.04. The van der Waals surface area contributed by atoms with Crippen molar-refractivity contribution in [1.29, 1.82) is 0 Å². The molecule has 8 nitrogen and oxygen atoms in total. The SMILES string of the molecule is O=C(COC(=O)c1cc(=O)c2ccccc2o1)c1ccc(S(=O)(=O)N2CCCC2)cc1. The predicted octanol–water partition coefficient (Wildman–Crippen LogP) is 2.62. The Morgan fingerprint density at radius 2 is 1.68 bits per heavy atom. The van der Waals surface area contributed by atoms with Crippen LogP contribution in [0, 0.1) is 0 Å². The number of sulfonamides is 1. The highest BCUT2D eigenvalue weighted by Gasteiger charge is 2.27. The summed E-state index contributed by atoms with van der Waals surface area (Å²) in [6, 6.07) is 13.0. The minimum atomic E-state index is -3.57. The van der Waals surface area contributed by atoms with Crippen molar-refractivity contribution in [1.82, 2.24) is 4.31 Å². The molecule has 1 aliphatic heterocycles. The molecule has 0 radical (unpaired) electrons. The van der Waals surface area contributed by atoms with E-state index in [1.807, 2.05) is 0 Å². The first kappa shape index (κ1) is 21.0. The fraction of sp³-hybridized carbons (Fsp3) is 0.227. The summed E-state index contributed by atoms with van der Waals surface area (Å²) in [6.45, 7) is 0.404. The Labute approximate surface area is 178 Å². The molecule has 1 fully saturated rings. The summed E-state index contributed by atoms with van der Waals surface area (Å²) in [6.07, 6.45) is 1.66. The van der Waals surface area contributed by atoms with Crippen LogP contribution >= 0.6 is 0 Å². The minimum Gasteiger partial charge on any atom is -0.451 e. The molecule has 2 heterocycles. The Morgan fingerprint density at radius 3 is 2.39 bits per heavy atom. The average molecular weight is 441 g/mol. The topological polar surface area (TPSA) is 111 Å². The summed E-state index contributed by atoms with van der Waals surface area (Å²) in [5.41, 5.74) is 0.0474. The van der Waals surface area contributed by atoms with Gasteiger partial charge in [0.1, 0.15) is 5.58 Å². The molecule has 9 heteroatoms. The summed E-state index contributed by atoms with van der Waals surface area (Å²) in [5.74, 6) is -1.76. The van der Waals surface area contributed by atoms with E-state index in [1.54, 1.807) is 24.3 Å². The average Bonchev–Trinajstić information content (AvgIpc) is 3.33. The zero-order valence-electron chi connectivity index (χ0n) is 16.4. The first-order valence-corrected chi connectivity index (χ1v) is 11.1. The number of carbonyl (C=O) groups excluding carboxylic acids is 2. The number of ether oxygens (including phenoxy) is 1. The van der Waals surface area contributed by atoms with Crippen molar-refractivity contribution in [2.45, 2.75) is 17.7 Å². The van der Waals surface area contributed by atoms with Gasteiger partial charge in [0, 0.05) is 24.7 Å². The molecule has 31 heavy (non-hydrogen) atoms. The third-order valence-electron chi connectivity index (χ3n) is 5.05. The van der Waals surface area contributed by atoms with Gasteiger partial charge in [0.2, 0.25) is 15.8 Å². The van der Waals surface area contributed by atoms with Crippen molar-refractivity contribution in [3.05, 3.63) is 76.1 Å². The zero-order chi connectivity index (χ0) is 22.0. The fourth-order valence-corrected chi connectivity index (χ4v) is 4.90. The lowest BCUT2D eigenvalue weighted by Crippen LogP contribution is -2.27. The van der Waals surface area contributed by atoms with E-state index in [4.69, 9.17) is 9.15 Å².